The van der Waals surface area contributed by atoms with Gasteiger partial charge in [0.2, 0.25) is 5.91 Å². The second kappa shape index (κ2) is 7.19. The van der Waals surface area contributed by atoms with Crippen molar-refractivity contribution in [2.24, 2.45) is 0 Å². The molecule has 2 rings (SSSR count). The molecule has 1 aliphatic rings. The Labute approximate surface area is 123 Å². The highest BCUT2D eigenvalue weighted by Gasteiger charge is 2.28. The van der Waals surface area contributed by atoms with Gasteiger partial charge in [-0.05, 0) is 24.6 Å². The van der Waals surface area contributed by atoms with E-state index in [-0.39, 0.29) is 30.4 Å². The van der Waals surface area contributed by atoms with Crippen LogP contribution in [-0.4, -0.2) is 44.3 Å². The quantitative estimate of drug-likeness (QED) is 0.800. The minimum atomic E-state index is -0.353. The van der Waals surface area contributed by atoms with Gasteiger partial charge in [0.25, 0.3) is 0 Å². The van der Waals surface area contributed by atoms with Gasteiger partial charge in [-0.1, -0.05) is 12.1 Å². The lowest BCUT2D eigenvalue weighted by molar-refractivity contribution is -0.139. The Hall–Kier alpha value is -1.92. The van der Waals surface area contributed by atoms with Crippen molar-refractivity contribution < 1.29 is 19.1 Å². The van der Waals surface area contributed by atoms with E-state index in [4.69, 9.17) is 4.74 Å². The summed E-state index contributed by atoms with van der Waals surface area (Å²) in [4.78, 5) is 23.3. The number of nitrogens with one attached hydrogen (secondary N) is 2. The fraction of sp³-hybridized carbons (Fsp3) is 0.467. The minimum Gasteiger partial charge on any atom is -0.469 e. The van der Waals surface area contributed by atoms with E-state index in [0.29, 0.717) is 18.8 Å². The lowest BCUT2D eigenvalue weighted by Gasteiger charge is -2.29. The molecule has 1 amide bonds. The Bertz CT molecular complexity index is 501. The molecule has 0 radical (unpaired) electrons. The van der Waals surface area contributed by atoms with Crippen molar-refractivity contribution in [1.82, 2.24) is 5.32 Å². The third-order valence-corrected chi connectivity index (χ3v) is 3.40. The molecule has 1 aromatic carbocycles. The van der Waals surface area contributed by atoms with Gasteiger partial charge >= 0.3 is 5.97 Å². The van der Waals surface area contributed by atoms with Gasteiger partial charge in [0.05, 0.1) is 26.2 Å². The Morgan fingerprint density at radius 1 is 1.38 bits per heavy atom. The van der Waals surface area contributed by atoms with E-state index in [9.17, 15) is 9.59 Å². The smallest absolute Gasteiger partial charge is 0.309 e. The van der Waals surface area contributed by atoms with Crippen molar-refractivity contribution in [3.63, 3.8) is 0 Å². The third-order valence-electron chi connectivity index (χ3n) is 3.40. The van der Waals surface area contributed by atoms with Gasteiger partial charge in [-0.2, -0.15) is 0 Å². The van der Waals surface area contributed by atoms with Gasteiger partial charge in [-0.15, -0.1) is 0 Å². The molecule has 6 nitrogen and oxygen atoms in total. The molecular formula is C15H20N2O4. The molecule has 1 fully saturated rings. The number of carbonyl (C=O) groups excluding carboxylic acids is 2. The van der Waals surface area contributed by atoms with E-state index in [1.54, 1.807) is 24.3 Å². The van der Waals surface area contributed by atoms with Gasteiger partial charge in [0.1, 0.15) is 6.04 Å². The fourth-order valence-corrected chi connectivity index (χ4v) is 2.19. The van der Waals surface area contributed by atoms with Gasteiger partial charge < -0.3 is 20.1 Å². The zero-order valence-corrected chi connectivity index (χ0v) is 12.2. The summed E-state index contributed by atoms with van der Waals surface area (Å²) in [5.74, 6) is -0.410. The van der Waals surface area contributed by atoms with Crippen LogP contribution < -0.4 is 10.6 Å². The summed E-state index contributed by atoms with van der Waals surface area (Å²) in [7, 11) is 1.36. The number of rotatable bonds is 4. The normalized spacial score (nSPS) is 21.6. The van der Waals surface area contributed by atoms with Crippen molar-refractivity contribution in [2.45, 2.75) is 25.5 Å². The van der Waals surface area contributed by atoms with Crippen LogP contribution in [-0.2, 0) is 25.5 Å². The first-order valence-electron chi connectivity index (χ1n) is 6.92. The number of methoxy groups -OCH3 is 1. The molecule has 0 bridgehead atoms. The standard InChI is InChI=1S/C15H20N2O4/c1-10-14(16-7-8-21-10)15(19)17-12-5-3-11(4-6-12)9-13(18)20-2/h3-6,10,14,16H,7-9H2,1-2H3,(H,17,19)/t10-,14+/m1/s1. The van der Waals surface area contributed by atoms with Crippen molar-refractivity contribution in [3.05, 3.63) is 29.8 Å². The maximum absolute atomic E-state index is 12.2. The number of morpholine rings is 1. The molecule has 0 unspecified atom stereocenters. The number of carbonyl (C=O) groups is 2. The summed E-state index contributed by atoms with van der Waals surface area (Å²) in [6.07, 6.45) is 0.0668. The Balaban J connectivity index is 1.93. The average molecular weight is 292 g/mol. The summed E-state index contributed by atoms with van der Waals surface area (Å²) < 4.78 is 10.1. The second-order valence-electron chi connectivity index (χ2n) is 4.95. The van der Waals surface area contributed by atoms with E-state index in [1.807, 2.05) is 6.92 Å². The molecule has 6 heteroatoms. The highest BCUT2D eigenvalue weighted by atomic mass is 16.5. The summed E-state index contributed by atoms with van der Waals surface area (Å²) in [5.41, 5.74) is 1.53. The lowest BCUT2D eigenvalue weighted by Crippen LogP contribution is -2.53. The molecule has 2 N–H and O–H groups in total. The van der Waals surface area contributed by atoms with Crippen LogP contribution >= 0.6 is 0 Å². The average Bonchev–Trinajstić information content (AvgIpc) is 2.49. The summed E-state index contributed by atoms with van der Waals surface area (Å²) in [5, 5.41) is 5.97. The number of anilines is 1. The predicted octanol–water partition coefficient (Wildman–Crippen LogP) is 0.718. The van der Waals surface area contributed by atoms with Crippen LogP contribution in [0.2, 0.25) is 0 Å². The van der Waals surface area contributed by atoms with Gasteiger partial charge in [0.15, 0.2) is 0 Å². The van der Waals surface area contributed by atoms with E-state index in [0.717, 1.165) is 5.56 Å². The number of amides is 1. The first kappa shape index (κ1) is 15.5. The van der Waals surface area contributed by atoms with E-state index < -0.39 is 0 Å². The van der Waals surface area contributed by atoms with Crippen molar-refractivity contribution in [2.75, 3.05) is 25.6 Å². The zero-order valence-electron chi connectivity index (χ0n) is 12.2. The largest absolute Gasteiger partial charge is 0.469 e. The van der Waals surface area contributed by atoms with Crippen LogP contribution in [0.4, 0.5) is 5.69 Å². The number of ether oxygens (including phenoxy) is 2. The van der Waals surface area contributed by atoms with Crippen molar-refractivity contribution >= 4 is 17.6 Å². The Morgan fingerprint density at radius 3 is 2.71 bits per heavy atom. The SMILES string of the molecule is COC(=O)Cc1ccc(NC(=O)[C@H]2NCCO[C@@H]2C)cc1. The molecule has 2 atom stereocenters. The van der Waals surface area contributed by atoms with Crippen LogP contribution in [0.5, 0.6) is 0 Å². The van der Waals surface area contributed by atoms with Gasteiger partial charge in [0, 0.05) is 12.2 Å². The molecule has 0 aliphatic carbocycles. The van der Waals surface area contributed by atoms with Crippen molar-refractivity contribution in [3.8, 4) is 0 Å². The van der Waals surface area contributed by atoms with E-state index in [1.165, 1.54) is 7.11 Å². The maximum Gasteiger partial charge on any atom is 0.309 e. The van der Waals surface area contributed by atoms with Gasteiger partial charge in [-0.25, -0.2) is 0 Å². The Kier molecular flexibility index (Phi) is 5.30. The highest BCUT2D eigenvalue weighted by Crippen LogP contribution is 2.12. The first-order valence-corrected chi connectivity index (χ1v) is 6.92. The predicted molar refractivity (Wildman–Crippen MR) is 78.0 cm³/mol. The fourth-order valence-electron chi connectivity index (χ4n) is 2.19. The third kappa shape index (κ3) is 4.27. The number of hydrogen-bond donors (Lipinski definition) is 2. The molecule has 0 aromatic heterocycles. The van der Waals surface area contributed by atoms with Crippen LogP contribution in [0.1, 0.15) is 12.5 Å². The molecular weight excluding hydrogens is 272 g/mol. The van der Waals surface area contributed by atoms with E-state index >= 15 is 0 Å². The molecule has 114 valence electrons. The number of esters is 1. The molecule has 1 aliphatic heterocycles. The summed E-state index contributed by atoms with van der Waals surface area (Å²) in [6, 6.07) is 6.77. The van der Waals surface area contributed by atoms with Crippen molar-refractivity contribution in [1.29, 1.82) is 0 Å². The number of hydrogen-bond acceptors (Lipinski definition) is 5. The number of benzene rings is 1. The zero-order chi connectivity index (χ0) is 15.2. The Morgan fingerprint density at radius 2 is 2.10 bits per heavy atom. The molecule has 0 spiro atoms. The van der Waals surface area contributed by atoms with Crippen LogP contribution in [0.3, 0.4) is 0 Å². The molecule has 21 heavy (non-hydrogen) atoms. The maximum atomic E-state index is 12.2. The van der Waals surface area contributed by atoms with E-state index in [2.05, 4.69) is 15.4 Å². The van der Waals surface area contributed by atoms with Crippen LogP contribution in [0.15, 0.2) is 24.3 Å². The lowest BCUT2D eigenvalue weighted by atomic mass is 10.1. The van der Waals surface area contributed by atoms with Crippen LogP contribution in [0, 0.1) is 0 Å². The summed E-state index contributed by atoms with van der Waals surface area (Å²) in [6.45, 7) is 3.16. The minimum absolute atomic E-state index is 0.122. The molecule has 1 saturated heterocycles. The second-order valence-corrected chi connectivity index (χ2v) is 4.95. The molecule has 1 heterocycles. The summed E-state index contributed by atoms with van der Waals surface area (Å²) >= 11 is 0. The molecule has 0 saturated carbocycles. The highest BCUT2D eigenvalue weighted by molar-refractivity contribution is 5.95. The first-order chi connectivity index (χ1) is 10.1. The van der Waals surface area contributed by atoms with Gasteiger partial charge in [-0.3, -0.25) is 9.59 Å². The molecule has 1 aromatic rings. The topological polar surface area (TPSA) is 76.7 Å². The monoisotopic (exact) mass is 292 g/mol. The van der Waals surface area contributed by atoms with Crippen LogP contribution in [0.25, 0.3) is 0 Å².